The minimum absolute atomic E-state index is 0.168. The monoisotopic (exact) mass is 303 g/mol. The summed E-state index contributed by atoms with van der Waals surface area (Å²) >= 11 is 4.90. The normalized spacial score (nSPS) is 12.2. The number of anilines is 1. The molecule has 0 aliphatic carbocycles. The molecule has 6 heteroatoms. The molecule has 0 saturated carbocycles. The Morgan fingerprint density at radius 3 is 3.00 bits per heavy atom. The molecule has 1 aromatic rings. The van der Waals surface area contributed by atoms with Gasteiger partial charge in [-0.15, -0.1) is 0 Å². The molecule has 0 bridgehead atoms. The van der Waals surface area contributed by atoms with Gasteiger partial charge in [0.15, 0.2) is 0 Å². The van der Waals surface area contributed by atoms with Crippen LogP contribution in [-0.4, -0.2) is 28.9 Å². The van der Waals surface area contributed by atoms with Crippen molar-refractivity contribution in [3.05, 3.63) is 22.9 Å². The summed E-state index contributed by atoms with van der Waals surface area (Å²) in [5.74, 6) is 0.714. The van der Waals surface area contributed by atoms with Crippen molar-refractivity contribution < 1.29 is 4.79 Å². The number of amides is 1. The van der Waals surface area contributed by atoms with Crippen molar-refractivity contribution in [2.75, 3.05) is 17.3 Å². The van der Waals surface area contributed by atoms with E-state index in [1.54, 1.807) is 30.1 Å². The Labute approximate surface area is 108 Å². The highest BCUT2D eigenvalue weighted by molar-refractivity contribution is 9.10. The summed E-state index contributed by atoms with van der Waals surface area (Å²) < 4.78 is 0.734. The molecule has 0 aromatic carbocycles. The standard InChI is InChI=1S/C10H14BrN3OS/c1-16-5-4-8(12)10(15)14-7-2-3-9(11)13-6-7/h2-3,6,8H,4-5,12H2,1H3,(H,14,15)/t8-/m0/s1. The Morgan fingerprint density at radius 2 is 2.44 bits per heavy atom. The lowest BCUT2D eigenvalue weighted by molar-refractivity contribution is -0.117. The van der Waals surface area contributed by atoms with E-state index in [0.717, 1.165) is 10.4 Å². The fraction of sp³-hybridized carbons (Fsp3) is 0.400. The lowest BCUT2D eigenvalue weighted by Crippen LogP contribution is -2.36. The second-order valence-electron chi connectivity index (χ2n) is 3.25. The van der Waals surface area contributed by atoms with Gasteiger partial charge >= 0.3 is 0 Å². The minimum atomic E-state index is -0.462. The smallest absolute Gasteiger partial charge is 0.241 e. The average molecular weight is 304 g/mol. The number of rotatable bonds is 5. The van der Waals surface area contributed by atoms with E-state index in [9.17, 15) is 4.79 Å². The number of carbonyl (C=O) groups is 1. The maximum absolute atomic E-state index is 11.6. The van der Waals surface area contributed by atoms with Crippen LogP contribution in [0.3, 0.4) is 0 Å². The van der Waals surface area contributed by atoms with Crippen molar-refractivity contribution in [2.45, 2.75) is 12.5 Å². The number of nitrogens with zero attached hydrogens (tertiary/aromatic N) is 1. The van der Waals surface area contributed by atoms with Gasteiger partial charge in [-0.25, -0.2) is 4.98 Å². The molecule has 1 heterocycles. The van der Waals surface area contributed by atoms with Crippen LogP contribution in [-0.2, 0) is 4.79 Å². The van der Waals surface area contributed by atoms with Gasteiger partial charge in [0.25, 0.3) is 0 Å². The van der Waals surface area contributed by atoms with Gasteiger partial charge in [-0.3, -0.25) is 4.79 Å². The Hall–Kier alpha value is -0.590. The zero-order valence-electron chi connectivity index (χ0n) is 8.94. The number of hydrogen-bond donors (Lipinski definition) is 2. The van der Waals surface area contributed by atoms with E-state index in [1.165, 1.54) is 0 Å². The third-order valence-electron chi connectivity index (χ3n) is 1.96. The van der Waals surface area contributed by atoms with Gasteiger partial charge in [-0.05, 0) is 46.5 Å². The average Bonchev–Trinajstić information content (AvgIpc) is 2.29. The molecular weight excluding hydrogens is 290 g/mol. The van der Waals surface area contributed by atoms with Gasteiger partial charge in [0.1, 0.15) is 4.60 Å². The van der Waals surface area contributed by atoms with Gasteiger partial charge < -0.3 is 11.1 Å². The van der Waals surface area contributed by atoms with Gasteiger partial charge in [0.05, 0.1) is 17.9 Å². The van der Waals surface area contributed by atoms with Gasteiger partial charge in [-0.2, -0.15) is 11.8 Å². The summed E-state index contributed by atoms with van der Waals surface area (Å²) in [6, 6.07) is 3.08. The number of halogens is 1. The minimum Gasteiger partial charge on any atom is -0.323 e. The number of pyridine rings is 1. The first-order chi connectivity index (χ1) is 7.63. The van der Waals surface area contributed by atoms with Crippen LogP contribution < -0.4 is 11.1 Å². The molecule has 1 aromatic heterocycles. The Bertz CT molecular complexity index is 344. The van der Waals surface area contributed by atoms with Crippen molar-refractivity contribution in [3.8, 4) is 0 Å². The molecule has 0 unspecified atom stereocenters. The quantitative estimate of drug-likeness (QED) is 0.815. The van der Waals surface area contributed by atoms with Crippen molar-refractivity contribution in [3.63, 3.8) is 0 Å². The second-order valence-corrected chi connectivity index (χ2v) is 5.04. The van der Waals surface area contributed by atoms with Gasteiger partial charge in [0, 0.05) is 0 Å². The summed E-state index contributed by atoms with van der Waals surface area (Å²) in [6.07, 6.45) is 4.25. The third-order valence-corrected chi connectivity index (χ3v) is 3.08. The molecule has 0 fully saturated rings. The molecular formula is C10H14BrN3OS. The Morgan fingerprint density at radius 1 is 1.69 bits per heavy atom. The molecule has 0 saturated heterocycles. The first-order valence-electron chi connectivity index (χ1n) is 4.80. The lowest BCUT2D eigenvalue weighted by Gasteiger charge is -2.11. The summed E-state index contributed by atoms with van der Waals surface area (Å²) in [5, 5.41) is 2.72. The Balaban J connectivity index is 2.47. The fourth-order valence-electron chi connectivity index (χ4n) is 1.06. The fourth-order valence-corrected chi connectivity index (χ4v) is 1.78. The number of nitrogens with one attached hydrogen (secondary N) is 1. The third kappa shape index (κ3) is 4.51. The number of thioether (sulfide) groups is 1. The molecule has 0 spiro atoms. The van der Waals surface area contributed by atoms with Crippen molar-refractivity contribution >= 4 is 39.3 Å². The maximum Gasteiger partial charge on any atom is 0.241 e. The van der Waals surface area contributed by atoms with Gasteiger partial charge in [-0.1, -0.05) is 0 Å². The molecule has 1 rings (SSSR count). The summed E-state index contributed by atoms with van der Waals surface area (Å²) in [6.45, 7) is 0. The number of aromatic nitrogens is 1. The van der Waals surface area contributed by atoms with E-state index in [-0.39, 0.29) is 5.91 Å². The van der Waals surface area contributed by atoms with E-state index in [1.807, 2.05) is 6.26 Å². The SMILES string of the molecule is CSCC[C@H](N)C(=O)Nc1ccc(Br)nc1. The summed E-state index contributed by atoms with van der Waals surface area (Å²) in [7, 11) is 0. The summed E-state index contributed by atoms with van der Waals surface area (Å²) in [4.78, 5) is 15.6. The van der Waals surface area contributed by atoms with Crippen LogP contribution in [0.4, 0.5) is 5.69 Å². The van der Waals surface area contributed by atoms with E-state index in [2.05, 4.69) is 26.2 Å². The van der Waals surface area contributed by atoms with Crippen molar-refractivity contribution in [1.29, 1.82) is 0 Å². The van der Waals surface area contributed by atoms with E-state index in [0.29, 0.717) is 12.1 Å². The lowest BCUT2D eigenvalue weighted by atomic mass is 10.2. The topological polar surface area (TPSA) is 68.0 Å². The van der Waals surface area contributed by atoms with Crippen LogP contribution in [0.5, 0.6) is 0 Å². The van der Waals surface area contributed by atoms with E-state index in [4.69, 9.17) is 5.73 Å². The predicted molar refractivity (Wildman–Crippen MR) is 71.5 cm³/mol. The molecule has 0 radical (unpaired) electrons. The largest absolute Gasteiger partial charge is 0.323 e. The number of hydrogen-bond acceptors (Lipinski definition) is 4. The van der Waals surface area contributed by atoms with E-state index >= 15 is 0 Å². The molecule has 88 valence electrons. The van der Waals surface area contributed by atoms with Crippen molar-refractivity contribution in [2.24, 2.45) is 5.73 Å². The van der Waals surface area contributed by atoms with Crippen LogP contribution in [0.2, 0.25) is 0 Å². The highest BCUT2D eigenvalue weighted by Gasteiger charge is 2.12. The van der Waals surface area contributed by atoms with Crippen LogP contribution in [0.25, 0.3) is 0 Å². The Kier molecular flexibility index (Phi) is 5.79. The first kappa shape index (κ1) is 13.5. The van der Waals surface area contributed by atoms with E-state index < -0.39 is 6.04 Å². The summed E-state index contributed by atoms with van der Waals surface area (Å²) in [5.41, 5.74) is 6.39. The molecule has 4 nitrogen and oxygen atoms in total. The zero-order valence-corrected chi connectivity index (χ0v) is 11.3. The second kappa shape index (κ2) is 6.88. The molecule has 1 amide bonds. The van der Waals surface area contributed by atoms with Gasteiger partial charge in [0.2, 0.25) is 5.91 Å². The first-order valence-corrected chi connectivity index (χ1v) is 6.99. The molecule has 3 N–H and O–H groups in total. The highest BCUT2D eigenvalue weighted by atomic mass is 79.9. The van der Waals surface area contributed by atoms with Crippen molar-refractivity contribution in [1.82, 2.24) is 4.98 Å². The van der Waals surface area contributed by atoms with Crippen LogP contribution in [0.15, 0.2) is 22.9 Å². The molecule has 16 heavy (non-hydrogen) atoms. The molecule has 0 aliphatic heterocycles. The maximum atomic E-state index is 11.6. The van der Waals surface area contributed by atoms with Crippen LogP contribution in [0.1, 0.15) is 6.42 Å². The molecule has 1 atom stereocenters. The predicted octanol–water partition coefficient (Wildman–Crippen LogP) is 1.86. The van der Waals surface area contributed by atoms with Crippen LogP contribution >= 0.6 is 27.7 Å². The molecule has 0 aliphatic rings. The zero-order chi connectivity index (χ0) is 12.0. The van der Waals surface area contributed by atoms with Crippen LogP contribution in [0, 0.1) is 0 Å². The highest BCUT2D eigenvalue weighted by Crippen LogP contribution is 2.11. The number of nitrogens with two attached hydrogens (primary N) is 1. The number of carbonyl (C=O) groups excluding carboxylic acids is 1.